The Bertz CT molecular complexity index is 1260. The van der Waals surface area contributed by atoms with E-state index in [1.165, 1.54) is 0 Å². The maximum Gasteiger partial charge on any atom is 0.697 e. The SMILES string of the molecule is COc1ccc(C(OCCCCCCO[P+](=O)OCCCCNC(=O)C(F)(F)F)(c2ccccc2)c2ccc(OC)cc2)cc1. The molecule has 0 spiro atoms. The minimum Gasteiger partial charge on any atom is -0.497 e. The van der Waals surface area contributed by atoms with Gasteiger partial charge in [-0.2, -0.15) is 13.2 Å². The lowest BCUT2D eigenvalue weighted by atomic mass is 9.80. The van der Waals surface area contributed by atoms with E-state index in [0.29, 0.717) is 19.4 Å². The number of amides is 1. The van der Waals surface area contributed by atoms with Crippen LogP contribution in [0.2, 0.25) is 0 Å². The predicted molar refractivity (Wildman–Crippen MR) is 165 cm³/mol. The molecule has 1 amide bonds. The van der Waals surface area contributed by atoms with Crippen molar-refractivity contribution in [2.75, 3.05) is 40.6 Å². The van der Waals surface area contributed by atoms with Gasteiger partial charge in [0, 0.05) is 17.7 Å². The fourth-order valence-electron chi connectivity index (χ4n) is 4.70. The molecule has 12 heteroatoms. The summed E-state index contributed by atoms with van der Waals surface area (Å²) in [7, 11) is 0.947. The van der Waals surface area contributed by atoms with Gasteiger partial charge in [0.05, 0.1) is 14.2 Å². The lowest BCUT2D eigenvalue weighted by Crippen LogP contribution is -2.37. The number of hydrogen-bond donors (Lipinski definition) is 1. The van der Waals surface area contributed by atoms with E-state index in [9.17, 15) is 22.5 Å². The molecule has 0 aliphatic rings. The number of alkyl halides is 3. The van der Waals surface area contributed by atoms with Crippen LogP contribution in [0.5, 0.6) is 11.5 Å². The highest BCUT2D eigenvalue weighted by Crippen LogP contribution is 2.41. The summed E-state index contributed by atoms with van der Waals surface area (Å²) in [5, 5.41) is 1.77. The molecule has 3 aromatic rings. The largest absolute Gasteiger partial charge is 0.697 e. The molecule has 0 radical (unpaired) electrons. The zero-order valence-electron chi connectivity index (χ0n) is 25.5. The monoisotopic (exact) mass is 650 g/mol. The van der Waals surface area contributed by atoms with Crippen molar-refractivity contribution in [2.24, 2.45) is 0 Å². The van der Waals surface area contributed by atoms with Crippen molar-refractivity contribution in [2.45, 2.75) is 50.3 Å². The first-order valence-corrected chi connectivity index (χ1v) is 15.9. The molecule has 0 heterocycles. The summed E-state index contributed by atoms with van der Waals surface area (Å²) in [5.74, 6) is -0.478. The molecule has 3 rings (SSSR count). The van der Waals surface area contributed by atoms with Crippen LogP contribution in [0.25, 0.3) is 0 Å². The van der Waals surface area contributed by atoms with Gasteiger partial charge in [0.1, 0.15) is 30.3 Å². The van der Waals surface area contributed by atoms with Gasteiger partial charge in [-0.25, -0.2) is 0 Å². The van der Waals surface area contributed by atoms with Crippen LogP contribution < -0.4 is 14.8 Å². The molecule has 1 atom stereocenters. The van der Waals surface area contributed by atoms with Gasteiger partial charge in [-0.3, -0.25) is 4.79 Å². The Morgan fingerprint density at radius 2 is 1.13 bits per heavy atom. The van der Waals surface area contributed by atoms with Crippen molar-refractivity contribution in [1.29, 1.82) is 0 Å². The van der Waals surface area contributed by atoms with Crippen LogP contribution in [-0.4, -0.2) is 52.7 Å². The van der Waals surface area contributed by atoms with E-state index in [1.54, 1.807) is 19.5 Å². The van der Waals surface area contributed by atoms with Gasteiger partial charge in [-0.1, -0.05) is 67.4 Å². The van der Waals surface area contributed by atoms with Crippen LogP contribution in [0.4, 0.5) is 13.2 Å². The van der Waals surface area contributed by atoms with Crippen molar-refractivity contribution in [3.05, 3.63) is 95.6 Å². The standard InChI is InChI=1S/C33H39F3NO7P/c1-40-29-18-14-27(15-19-29)32(26-12-6-5-7-13-26,28-16-20-30(41-2)21-17-28)42-23-9-3-4-10-24-43-45(39)44-25-11-8-22-37-31(38)33(34,35)36/h5-7,12-21H,3-4,8-11,22-25H2,1-2H3/p+1. The summed E-state index contributed by atoms with van der Waals surface area (Å²) in [6.45, 7) is 0.646. The molecule has 8 nitrogen and oxygen atoms in total. The van der Waals surface area contributed by atoms with Gasteiger partial charge in [-0.15, -0.1) is 9.05 Å². The van der Waals surface area contributed by atoms with Crippen LogP contribution >= 0.6 is 8.25 Å². The van der Waals surface area contributed by atoms with Crippen LogP contribution in [-0.2, 0) is 28.7 Å². The fourth-order valence-corrected chi connectivity index (χ4v) is 5.33. The van der Waals surface area contributed by atoms with Crippen molar-refractivity contribution in [3.63, 3.8) is 0 Å². The molecular weight excluding hydrogens is 610 g/mol. The van der Waals surface area contributed by atoms with E-state index >= 15 is 0 Å². The Hall–Kier alpha value is -3.50. The quantitative estimate of drug-likeness (QED) is 0.0761. The van der Waals surface area contributed by atoms with E-state index in [0.717, 1.165) is 47.5 Å². The van der Waals surface area contributed by atoms with Gasteiger partial charge >= 0.3 is 20.3 Å². The molecule has 0 aromatic heterocycles. The molecule has 45 heavy (non-hydrogen) atoms. The van der Waals surface area contributed by atoms with Crippen LogP contribution in [0, 0.1) is 0 Å². The minimum absolute atomic E-state index is 0.0555. The second-order valence-corrected chi connectivity index (χ2v) is 11.1. The first-order valence-electron chi connectivity index (χ1n) is 14.8. The molecule has 1 unspecified atom stereocenters. The Labute approximate surface area is 263 Å². The molecule has 3 aromatic carbocycles. The number of methoxy groups -OCH3 is 2. The Kier molecular flexibility index (Phi) is 14.8. The highest BCUT2D eigenvalue weighted by molar-refractivity contribution is 7.33. The van der Waals surface area contributed by atoms with Crippen LogP contribution in [0.1, 0.15) is 55.2 Å². The molecule has 0 aliphatic heterocycles. The zero-order valence-corrected chi connectivity index (χ0v) is 26.4. The second kappa shape index (κ2) is 18.5. The van der Waals surface area contributed by atoms with E-state index < -0.39 is 25.9 Å². The lowest BCUT2D eigenvalue weighted by Gasteiger charge is -2.36. The first-order chi connectivity index (χ1) is 21.7. The second-order valence-electron chi connectivity index (χ2n) is 10.1. The number of rotatable bonds is 20. The smallest absolute Gasteiger partial charge is 0.497 e. The summed E-state index contributed by atoms with van der Waals surface area (Å²) in [6.07, 6.45) is -1.16. The predicted octanol–water partition coefficient (Wildman–Crippen LogP) is 7.72. The van der Waals surface area contributed by atoms with Crippen LogP contribution in [0.3, 0.4) is 0 Å². The number of nitrogens with one attached hydrogen (secondary N) is 1. The zero-order chi connectivity index (χ0) is 32.5. The van der Waals surface area contributed by atoms with Crippen LogP contribution in [0.15, 0.2) is 78.9 Å². The Morgan fingerprint density at radius 3 is 1.62 bits per heavy atom. The van der Waals surface area contributed by atoms with Crippen molar-refractivity contribution in [1.82, 2.24) is 5.32 Å². The van der Waals surface area contributed by atoms with Gasteiger partial charge in [0.15, 0.2) is 0 Å². The molecule has 0 aliphatic carbocycles. The highest BCUT2D eigenvalue weighted by Gasteiger charge is 2.38. The third-order valence-electron chi connectivity index (χ3n) is 7.04. The summed E-state index contributed by atoms with van der Waals surface area (Å²) >= 11 is 0. The lowest BCUT2D eigenvalue weighted by molar-refractivity contribution is -0.173. The number of hydrogen-bond acceptors (Lipinski definition) is 7. The Morgan fingerprint density at radius 1 is 0.667 bits per heavy atom. The Balaban J connectivity index is 1.48. The molecular formula is C33H40F3NO7P+. The summed E-state index contributed by atoms with van der Waals surface area (Å²) in [6, 6.07) is 25.8. The number of carbonyl (C=O) groups is 1. The average molecular weight is 651 g/mol. The number of carbonyl (C=O) groups excluding carboxylic acids is 1. The van der Waals surface area contributed by atoms with Gasteiger partial charge in [-0.05, 0) is 66.6 Å². The van der Waals surface area contributed by atoms with Gasteiger partial charge in [0.25, 0.3) is 0 Å². The maximum atomic E-state index is 12.1. The normalized spacial score (nSPS) is 12.1. The molecule has 0 saturated carbocycles. The van der Waals surface area contributed by atoms with Gasteiger partial charge < -0.3 is 19.5 Å². The van der Waals surface area contributed by atoms with Gasteiger partial charge in [0.2, 0.25) is 0 Å². The molecule has 1 N–H and O–H groups in total. The fraction of sp³-hybridized carbons (Fsp3) is 0.424. The minimum atomic E-state index is -4.90. The number of halogens is 3. The third-order valence-corrected chi connectivity index (χ3v) is 7.82. The number of benzene rings is 3. The molecule has 0 saturated heterocycles. The highest BCUT2D eigenvalue weighted by atomic mass is 31.1. The van der Waals surface area contributed by atoms with E-state index in [1.807, 2.05) is 66.7 Å². The van der Waals surface area contributed by atoms with E-state index in [-0.39, 0.29) is 26.2 Å². The van der Waals surface area contributed by atoms with E-state index in [4.69, 9.17) is 23.3 Å². The first kappa shape index (κ1) is 36.0. The molecule has 244 valence electrons. The third kappa shape index (κ3) is 11.1. The molecule has 0 bridgehead atoms. The topological polar surface area (TPSA) is 92.3 Å². The van der Waals surface area contributed by atoms with Crippen molar-refractivity contribution < 1.29 is 45.8 Å². The summed E-state index contributed by atoms with van der Waals surface area (Å²) in [5.41, 5.74) is 2.04. The van der Waals surface area contributed by atoms with Crippen molar-refractivity contribution >= 4 is 14.2 Å². The summed E-state index contributed by atoms with van der Waals surface area (Å²) < 4.78 is 76.2. The van der Waals surface area contributed by atoms with Crippen molar-refractivity contribution in [3.8, 4) is 11.5 Å². The number of ether oxygens (including phenoxy) is 3. The number of unbranched alkanes of at least 4 members (excludes halogenated alkanes) is 4. The molecule has 0 fully saturated rings. The maximum absolute atomic E-state index is 12.1. The average Bonchev–Trinajstić information content (AvgIpc) is 3.06. The van der Waals surface area contributed by atoms with E-state index in [2.05, 4.69) is 12.1 Å². The summed E-state index contributed by atoms with van der Waals surface area (Å²) in [4.78, 5) is 10.7.